The molecular weight excluding hydrogens is 583 g/mol. The van der Waals surface area contributed by atoms with E-state index in [9.17, 15) is 18.0 Å². The number of nitrogens with one attached hydrogen (secondary N) is 2. The third kappa shape index (κ3) is 8.98. The maximum atomic E-state index is 13.1. The minimum absolute atomic E-state index is 0.265. The van der Waals surface area contributed by atoms with Crippen LogP contribution in [0.1, 0.15) is 83.6 Å². The van der Waals surface area contributed by atoms with Crippen LogP contribution in [0.4, 0.5) is 19.0 Å². The molecule has 1 aliphatic heterocycles. The number of benzene rings is 1. The molecule has 2 aliphatic rings. The molecule has 11 heteroatoms. The zero-order valence-corrected chi connectivity index (χ0v) is 26.4. The van der Waals surface area contributed by atoms with Crippen molar-refractivity contribution >= 4 is 17.4 Å². The monoisotopic (exact) mass is 629 g/mol. The number of rotatable bonds is 10. The van der Waals surface area contributed by atoms with E-state index in [1.807, 2.05) is 29.2 Å². The number of piperidine rings is 1. The lowest BCUT2D eigenvalue weighted by Crippen LogP contribution is -2.45. The lowest BCUT2D eigenvalue weighted by molar-refractivity contribution is -0.118. The van der Waals surface area contributed by atoms with Crippen molar-refractivity contribution in [2.45, 2.75) is 89.8 Å². The Morgan fingerprint density at radius 1 is 1.09 bits per heavy atom. The van der Waals surface area contributed by atoms with Crippen molar-refractivity contribution in [3.05, 3.63) is 60.3 Å². The molecule has 2 aromatic rings. The van der Waals surface area contributed by atoms with Crippen molar-refractivity contribution < 1.29 is 27.4 Å². The van der Waals surface area contributed by atoms with Gasteiger partial charge in [0.15, 0.2) is 0 Å². The molecule has 1 aliphatic carbocycles. The van der Waals surface area contributed by atoms with Crippen molar-refractivity contribution in [2.24, 2.45) is 17.8 Å². The minimum atomic E-state index is -4.91. The Kier molecular flexibility index (Phi) is 11.5. The number of halogens is 3. The molecule has 0 radical (unpaired) electrons. The maximum Gasteiger partial charge on any atom is 0.451 e. The smallest absolute Gasteiger partial charge is 0.451 e. The molecule has 3 atom stereocenters. The van der Waals surface area contributed by atoms with Crippen molar-refractivity contribution in [1.29, 1.82) is 10.8 Å². The number of anilines is 1. The Bertz CT molecular complexity index is 1370. The Balaban J connectivity index is 1.35. The third-order valence-corrected chi connectivity index (χ3v) is 9.40. The fourth-order valence-corrected chi connectivity index (χ4v) is 6.80. The van der Waals surface area contributed by atoms with Crippen LogP contribution in [0.3, 0.4) is 0 Å². The van der Waals surface area contributed by atoms with Gasteiger partial charge in [0.1, 0.15) is 28.4 Å². The largest absolute Gasteiger partial charge is 0.493 e. The summed E-state index contributed by atoms with van der Waals surface area (Å²) in [6.07, 6.45) is 6.49. The second kappa shape index (κ2) is 15.1. The van der Waals surface area contributed by atoms with Crippen molar-refractivity contribution in [3.63, 3.8) is 0 Å². The minimum Gasteiger partial charge on any atom is -0.493 e. The van der Waals surface area contributed by atoms with E-state index in [0.717, 1.165) is 30.6 Å². The number of alkyl halides is 3. The van der Waals surface area contributed by atoms with Crippen LogP contribution in [-0.2, 0) is 15.1 Å². The molecule has 1 aromatic carbocycles. The number of carbonyl (C=O) groups excluding carboxylic acids is 1. The van der Waals surface area contributed by atoms with Crippen LogP contribution in [0.25, 0.3) is 0 Å². The first kappa shape index (κ1) is 34.2. The van der Waals surface area contributed by atoms with Gasteiger partial charge < -0.3 is 19.2 Å². The van der Waals surface area contributed by atoms with Gasteiger partial charge in [-0.25, -0.2) is 0 Å². The molecule has 4 rings (SSSR count). The summed E-state index contributed by atoms with van der Waals surface area (Å²) in [7, 11) is 0. The number of aromatic nitrogens is 2. The van der Waals surface area contributed by atoms with Gasteiger partial charge in [-0.05, 0) is 54.5 Å². The van der Waals surface area contributed by atoms with Crippen LogP contribution < -0.4 is 15.1 Å². The molecule has 0 bridgehead atoms. The average Bonchev–Trinajstić information content (AvgIpc) is 3.12. The molecule has 2 fully saturated rings. The van der Waals surface area contributed by atoms with Crippen LogP contribution in [0.5, 0.6) is 5.75 Å². The van der Waals surface area contributed by atoms with E-state index in [-0.39, 0.29) is 5.82 Å². The zero-order valence-electron chi connectivity index (χ0n) is 26.4. The molecule has 0 amide bonds. The molecule has 1 aromatic heterocycles. The predicted molar refractivity (Wildman–Crippen MR) is 167 cm³/mol. The Labute approximate surface area is 263 Å². The fourth-order valence-electron chi connectivity index (χ4n) is 6.80. The van der Waals surface area contributed by atoms with E-state index < -0.39 is 23.1 Å². The van der Waals surface area contributed by atoms with Crippen LogP contribution in [-0.4, -0.2) is 47.3 Å². The number of ether oxygens (including phenoxy) is 2. The van der Waals surface area contributed by atoms with Gasteiger partial charge in [-0.2, -0.15) is 17.9 Å². The van der Waals surface area contributed by atoms with Gasteiger partial charge in [-0.15, -0.1) is 5.10 Å². The molecule has 2 N–H and O–H groups in total. The number of Topliss-reactive ketones (excluding diaryl/α,β-unsaturated/α-hetero) is 1. The van der Waals surface area contributed by atoms with Crippen LogP contribution in [0, 0.1) is 28.6 Å². The number of hydrogen-bond donors (Lipinski definition) is 2. The summed E-state index contributed by atoms with van der Waals surface area (Å²) in [6, 6.07) is 10.6. The Morgan fingerprint density at radius 3 is 2.38 bits per heavy atom. The Morgan fingerprint density at radius 2 is 1.73 bits per heavy atom. The van der Waals surface area contributed by atoms with Gasteiger partial charge >= 0.3 is 6.18 Å². The lowest BCUT2D eigenvalue weighted by Gasteiger charge is -2.41. The number of hydrogen-bond acceptors (Lipinski definition) is 7. The molecular formula is C34H46F3N5O3. The zero-order chi connectivity index (χ0) is 32.6. The topological polar surface area (TPSA) is 104 Å². The summed E-state index contributed by atoms with van der Waals surface area (Å²) in [5.74, 6) is 1.21. The highest BCUT2D eigenvalue weighted by molar-refractivity contribution is 5.85. The molecule has 45 heavy (non-hydrogen) atoms. The molecule has 0 spiro atoms. The maximum absolute atomic E-state index is 13.1. The quantitative estimate of drug-likeness (QED) is 0.162. The van der Waals surface area contributed by atoms with E-state index in [1.165, 1.54) is 44.1 Å². The second-order valence-corrected chi connectivity index (χ2v) is 12.7. The summed E-state index contributed by atoms with van der Waals surface area (Å²) < 4.78 is 52.0. The van der Waals surface area contributed by atoms with E-state index >= 15 is 0 Å². The van der Waals surface area contributed by atoms with Crippen molar-refractivity contribution in [3.8, 4) is 5.75 Å². The molecule has 3 unspecified atom stereocenters. The SMILES string of the molecule is C=COC1(c2ccc(OCC(C)C3CCCCC(CC(C)=O)CCC3)cc2)CCN(c2ccc(=N)n(C(=N)C(F)(F)F)n2)CC1. The fraction of sp³-hybridized carbons (Fsp3) is 0.588. The first-order valence-electron chi connectivity index (χ1n) is 16.0. The Hall–Kier alpha value is -3.63. The first-order chi connectivity index (χ1) is 21.4. The highest BCUT2D eigenvalue weighted by Crippen LogP contribution is 2.39. The van der Waals surface area contributed by atoms with Crippen molar-refractivity contribution in [2.75, 3.05) is 24.6 Å². The summed E-state index contributed by atoms with van der Waals surface area (Å²) in [5, 5.41) is 19.2. The van der Waals surface area contributed by atoms with E-state index in [4.69, 9.17) is 20.3 Å². The van der Waals surface area contributed by atoms with Crippen molar-refractivity contribution in [1.82, 2.24) is 9.78 Å². The third-order valence-electron chi connectivity index (χ3n) is 9.40. The number of nitrogens with zero attached hydrogens (tertiary/aromatic N) is 3. The molecule has 1 saturated heterocycles. The van der Waals surface area contributed by atoms with Gasteiger partial charge in [0.25, 0.3) is 0 Å². The van der Waals surface area contributed by atoms with Gasteiger partial charge in [-0.1, -0.05) is 70.6 Å². The highest BCUT2D eigenvalue weighted by atomic mass is 19.4. The van der Waals surface area contributed by atoms with E-state index in [0.29, 0.717) is 67.2 Å². The van der Waals surface area contributed by atoms with Crippen LogP contribution in [0.2, 0.25) is 0 Å². The average molecular weight is 630 g/mol. The number of carbonyl (C=O) groups is 1. The second-order valence-electron chi connectivity index (χ2n) is 12.7. The normalized spacial score (nSPS) is 21.5. The van der Waals surface area contributed by atoms with Gasteiger partial charge in [-0.3, -0.25) is 10.8 Å². The first-order valence-corrected chi connectivity index (χ1v) is 16.0. The van der Waals surface area contributed by atoms with Gasteiger partial charge in [0.2, 0.25) is 5.84 Å². The van der Waals surface area contributed by atoms with Crippen LogP contribution in [0.15, 0.2) is 49.2 Å². The standard InChI is InChI=1S/C34H46F3N5O3/c1-4-45-33(18-20-41(21-19-33)31-17-16-30(38)42(40-31)32(39)34(35,36)37)28-12-14-29(15-13-28)44-23-24(2)27-10-6-5-8-26(9-7-11-27)22-25(3)43/h4,12-17,24,26-27,38-39H,1,5-11,18-23H2,2-3H3. The van der Waals surface area contributed by atoms with E-state index in [2.05, 4.69) is 18.6 Å². The summed E-state index contributed by atoms with van der Waals surface area (Å²) >= 11 is 0. The highest BCUT2D eigenvalue weighted by Gasteiger charge is 2.39. The molecule has 2 heterocycles. The van der Waals surface area contributed by atoms with Crippen LogP contribution >= 0.6 is 0 Å². The van der Waals surface area contributed by atoms with Gasteiger partial charge in [0.05, 0.1) is 12.9 Å². The summed E-state index contributed by atoms with van der Waals surface area (Å²) in [4.78, 5) is 13.4. The summed E-state index contributed by atoms with van der Waals surface area (Å²) in [6.45, 7) is 9.27. The molecule has 8 nitrogen and oxygen atoms in total. The molecule has 1 saturated carbocycles. The number of ketones is 1. The summed E-state index contributed by atoms with van der Waals surface area (Å²) in [5.41, 5.74) is -0.216. The van der Waals surface area contributed by atoms with Gasteiger partial charge in [0, 0.05) is 32.4 Å². The lowest BCUT2D eigenvalue weighted by atomic mass is 9.84. The predicted octanol–water partition coefficient (Wildman–Crippen LogP) is 7.38. The molecule has 246 valence electrons. The van der Waals surface area contributed by atoms with E-state index in [1.54, 1.807) is 6.92 Å².